The highest BCUT2D eigenvalue weighted by molar-refractivity contribution is 7.91. The van der Waals surface area contributed by atoms with Gasteiger partial charge in [-0.15, -0.1) is 0 Å². The molecule has 2 heterocycles. The van der Waals surface area contributed by atoms with E-state index in [0.29, 0.717) is 25.2 Å². The number of amides is 1. The number of carbonyl (C=O) groups excluding carboxylic acids is 1. The predicted molar refractivity (Wildman–Crippen MR) is 93.7 cm³/mol. The zero-order chi connectivity index (χ0) is 17.0. The van der Waals surface area contributed by atoms with E-state index in [2.05, 4.69) is 15.5 Å². The van der Waals surface area contributed by atoms with Crippen LogP contribution in [0.15, 0.2) is 24.3 Å². The van der Waals surface area contributed by atoms with Crippen molar-refractivity contribution >= 4 is 15.7 Å². The molecule has 6 nitrogen and oxygen atoms in total. The number of hydrogen-bond acceptors (Lipinski definition) is 5. The number of benzene rings is 1. The number of hydrogen-bond donors (Lipinski definition) is 2. The van der Waals surface area contributed by atoms with E-state index in [9.17, 15) is 13.2 Å². The van der Waals surface area contributed by atoms with Crippen molar-refractivity contribution in [2.24, 2.45) is 0 Å². The number of nitrogens with one attached hydrogen (secondary N) is 2. The summed E-state index contributed by atoms with van der Waals surface area (Å²) in [5.74, 6) is 0.413. The molecule has 2 aliphatic heterocycles. The van der Waals surface area contributed by atoms with Crippen molar-refractivity contribution in [1.29, 1.82) is 0 Å². The zero-order valence-corrected chi connectivity index (χ0v) is 14.6. The molecule has 0 saturated carbocycles. The Kier molecular flexibility index (Phi) is 5.53. The summed E-state index contributed by atoms with van der Waals surface area (Å²) in [5.41, 5.74) is 1.71. The van der Waals surface area contributed by atoms with E-state index in [0.717, 1.165) is 31.5 Å². The minimum atomic E-state index is -2.86. The molecular weight excluding hydrogens is 326 g/mol. The van der Waals surface area contributed by atoms with Crippen molar-refractivity contribution in [1.82, 2.24) is 15.5 Å². The van der Waals surface area contributed by atoms with Crippen LogP contribution in [0.25, 0.3) is 0 Å². The lowest BCUT2D eigenvalue weighted by molar-refractivity contribution is 0.0930. The van der Waals surface area contributed by atoms with Crippen LogP contribution in [0.3, 0.4) is 0 Å². The van der Waals surface area contributed by atoms with Gasteiger partial charge in [-0.25, -0.2) is 8.42 Å². The Morgan fingerprint density at radius 1 is 1.29 bits per heavy atom. The van der Waals surface area contributed by atoms with Gasteiger partial charge in [0.15, 0.2) is 9.84 Å². The smallest absolute Gasteiger partial charge is 0.251 e. The molecule has 1 aromatic rings. The van der Waals surface area contributed by atoms with Crippen molar-refractivity contribution in [3.8, 4) is 0 Å². The maximum absolute atomic E-state index is 12.4. The minimum absolute atomic E-state index is 0.0354. The van der Waals surface area contributed by atoms with Gasteiger partial charge in [0.05, 0.1) is 11.5 Å². The van der Waals surface area contributed by atoms with Crippen molar-refractivity contribution in [2.45, 2.75) is 25.4 Å². The van der Waals surface area contributed by atoms with Crippen LogP contribution in [-0.4, -0.2) is 63.0 Å². The molecule has 24 heavy (non-hydrogen) atoms. The average Bonchev–Trinajstić information content (AvgIpc) is 2.58. The number of rotatable bonds is 4. The van der Waals surface area contributed by atoms with Gasteiger partial charge in [0.25, 0.3) is 5.91 Å². The van der Waals surface area contributed by atoms with Crippen LogP contribution >= 0.6 is 0 Å². The summed E-state index contributed by atoms with van der Waals surface area (Å²) < 4.78 is 23.0. The SMILES string of the molecule is O=C(N[C@H]1CCCNC1)c1cccc(CN2CCS(=O)(=O)CC2)c1. The maximum Gasteiger partial charge on any atom is 0.251 e. The summed E-state index contributed by atoms with van der Waals surface area (Å²) >= 11 is 0. The van der Waals surface area contributed by atoms with Gasteiger partial charge < -0.3 is 10.6 Å². The lowest BCUT2D eigenvalue weighted by atomic mass is 10.1. The number of nitrogens with zero attached hydrogens (tertiary/aromatic N) is 1. The lowest BCUT2D eigenvalue weighted by Gasteiger charge is -2.26. The molecule has 1 amide bonds. The summed E-state index contributed by atoms with van der Waals surface area (Å²) in [6.07, 6.45) is 2.10. The van der Waals surface area contributed by atoms with E-state index in [4.69, 9.17) is 0 Å². The molecule has 2 saturated heterocycles. The Balaban J connectivity index is 1.58. The number of piperidine rings is 1. The lowest BCUT2D eigenvalue weighted by Crippen LogP contribution is -2.45. The van der Waals surface area contributed by atoms with Crippen LogP contribution in [0, 0.1) is 0 Å². The summed E-state index contributed by atoms with van der Waals surface area (Å²) in [5, 5.41) is 6.38. The first-order valence-corrected chi connectivity index (χ1v) is 10.4. The topological polar surface area (TPSA) is 78.5 Å². The highest BCUT2D eigenvalue weighted by atomic mass is 32.2. The fourth-order valence-corrected chi connectivity index (χ4v) is 4.50. The average molecular weight is 351 g/mol. The van der Waals surface area contributed by atoms with E-state index in [1.165, 1.54) is 0 Å². The molecule has 7 heteroatoms. The van der Waals surface area contributed by atoms with E-state index in [1.54, 1.807) is 0 Å². The Hall–Kier alpha value is -1.44. The fourth-order valence-electron chi connectivity index (χ4n) is 3.22. The van der Waals surface area contributed by atoms with Crippen LogP contribution in [0.4, 0.5) is 0 Å². The quantitative estimate of drug-likeness (QED) is 0.821. The van der Waals surface area contributed by atoms with E-state index in [-0.39, 0.29) is 23.5 Å². The Bertz CT molecular complexity index is 670. The Morgan fingerprint density at radius 3 is 2.79 bits per heavy atom. The minimum Gasteiger partial charge on any atom is -0.348 e. The number of sulfone groups is 1. The molecule has 2 N–H and O–H groups in total. The molecular formula is C17H25N3O3S. The summed E-state index contributed by atoms with van der Waals surface area (Å²) in [6.45, 7) is 3.65. The molecule has 0 unspecified atom stereocenters. The third-order valence-electron chi connectivity index (χ3n) is 4.66. The largest absolute Gasteiger partial charge is 0.348 e. The standard InChI is InChI=1S/C17H25N3O3S/c21-17(19-16-5-2-6-18-12-16)15-4-1-3-14(11-15)13-20-7-9-24(22,23)10-8-20/h1,3-4,11,16,18H,2,5-10,12-13H2,(H,19,21)/t16-/m0/s1. The molecule has 132 valence electrons. The second-order valence-electron chi connectivity index (χ2n) is 6.65. The summed E-state index contributed by atoms with van der Waals surface area (Å²) in [4.78, 5) is 14.5. The molecule has 0 radical (unpaired) electrons. The van der Waals surface area contributed by atoms with Crippen LogP contribution < -0.4 is 10.6 Å². The third-order valence-corrected chi connectivity index (χ3v) is 6.27. The molecule has 2 aliphatic rings. The molecule has 0 aromatic heterocycles. The van der Waals surface area contributed by atoms with E-state index in [1.807, 2.05) is 24.3 Å². The van der Waals surface area contributed by atoms with Gasteiger partial charge >= 0.3 is 0 Å². The monoisotopic (exact) mass is 351 g/mol. The van der Waals surface area contributed by atoms with Gasteiger partial charge in [0, 0.05) is 37.8 Å². The second-order valence-corrected chi connectivity index (χ2v) is 8.95. The van der Waals surface area contributed by atoms with Gasteiger partial charge in [-0.05, 0) is 37.1 Å². The first-order valence-electron chi connectivity index (χ1n) is 8.55. The molecule has 0 bridgehead atoms. The molecule has 1 aromatic carbocycles. The van der Waals surface area contributed by atoms with Crippen LogP contribution in [0.5, 0.6) is 0 Å². The van der Waals surface area contributed by atoms with Crippen LogP contribution in [0.1, 0.15) is 28.8 Å². The summed E-state index contributed by atoms with van der Waals surface area (Å²) in [7, 11) is -2.86. The predicted octanol–water partition coefficient (Wildman–Crippen LogP) is 0.399. The Labute approximate surface area is 143 Å². The van der Waals surface area contributed by atoms with Gasteiger partial charge in [-0.2, -0.15) is 0 Å². The highest BCUT2D eigenvalue weighted by Gasteiger charge is 2.22. The Morgan fingerprint density at radius 2 is 2.08 bits per heavy atom. The first kappa shape index (κ1) is 17.4. The molecule has 1 atom stereocenters. The molecule has 3 rings (SSSR count). The van der Waals surface area contributed by atoms with Gasteiger partial charge in [-0.3, -0.25) is 9.69 Å². The first-order chi connectivity index (χ1) is 11.5. The third kappa shape index (κ3) is 4.78. The zero-order valence-electron chi connectivity index (χ0n) is 13.8. The van der Waals surface area contributed by atoms with Gasteiger partial charge in [0.2, 0.25) is 0 Å². The maximum atomic E-state index is 12.4. The van der Waals surface area contributed by atoms with Crippen LogP contribution in [-0.2, 0) is 16.4 Å². The highest BCUT2D eigenvalue weighted by Crippen LogP contribution is 2.12. The molecule has 0 spiro atoms. The number of carbonyl (C=O) groups is 1. The van der Waals surface area contributed by atoms with Crippen molar-refractivity contribution in [3.63, 3.8) is 0 Å². The second kappa shape index (κ2) is 7.63. The van der Waals surface area contributed by atoms with Crippen molar-refractivity contribution < 1.29 is 13.2 Å². The van der Waals surface area contributed by atoms with E-state index >= 15 is 0 Å². The van der Waals surface area contributed by atoms with Crippen molar-refractivity contribution in [2.75, 3.05) is 37.7 Å². The molecule has 2 fully saturated rings. The summed E-state index contributed by atoms with van der Waals surface area (Å²) in [6, 6.07) is 7.82. The fraction of sp³-hybridized carbons (Fsp3) is 0.588. The van der Waals surface area contributed by atoms with E-state index < -0.39 is 9.84 Å². The van der Waals surface area contributed by atoms with Gasteiger partial charge in [0.1, 0.15) is 0 Å². The van der Waals surface area contributed by atoms with Crippen molar-refractivity contribution in [3.05, 3.63) is 35.4 Å². The normalized spacial score (nSPS) is 24.4. The van der Waals surface area contributed by atoms with Crippen LogP contribution in [0.2, 0.25) is 0 Å². The molecule has 0 aliphatic carbocycles. The van der Waals surface area contributed by atoms with Gasteiger partial charge in [-0.1, -0.05) is 12.1 Å².